The van der Waals surface area contributed by atoms with E-state index >= 15 is 0 Å². The molecule has 0 fully saturated rings. The third kappa shape index (κ3) is 3.37. The van der Waals surface area contributed by atoms with Crippen LogP contribution in [0.5, 0.6) is 5.75 Å². The molecule has 6 heteroatoms. The first kappa shape index (κ1) is 18.9. The summed E-state index contributed by atoms with van der Waals surface area (Å²) in [6.45, 7) is 6.15. The molecule has 1 aliphatic rings. The molecule has 0 aliphatic heterocycles. The van der Waals surface area contributed by atoms with Crippen LogP contribution in [-0.4, -0.2) is 15.5 Å². The van der Waals surface area contributed by atoms with Crippen LogP contribution in [0.3, 0.4) is 0 Å². The van der Waals surface area contributed by atoms with Crippen molar-refractivity contribution in [3.8, 4) is 5.75 Å². The molecule has 0 atom stereocenters. The molecule has 28 heavy (non-hydrogen) atoms. The Labute approximate surface area is 168 Å². The molecule has 1 aliphatic carbocycles. The average molecular weight is 397 g/mol. The number of aryl methyl sites for hydroxylation is 5. The molecule has 0 spiro atoms. The number of carbonyl (C=O) groups excluding carboxylic acids is 1. The van der Waals surface area contributed by atoms with E-state index in [1.54, 1.807) is 22.2 Å². The third-order valence-corrected chi connectivity index (χ3v) is 6.79. The first-order valence-electron chi connectivity index (χ1n) is 9.73. The number of fused-ring (bicyclic) bond motifs is 3. The van der Waals surface area contributed by atoms with E-state index < -0.39 is 0 Å². The van der Waals surface area contributed by atoms with Gasteiger partial charge in [0.05, 0.1) is 18.1 Å². The van der Waals surface area contributed by atoms with Crippen LogP contribution in [-0.2, 0) is 24.2 Å². The van der Waals surface area contributed by atoms with Crippen molar-refractivity contribution in [2.45, 2.75) is 59.4 Å². The summed E-state index contributed by atoms with van der Waals surface area (Å²) in [5, 5.41) is 0.751. The van der Waals surface area contributed by atoms with Gasteiger partial charge in [-0.2, -0.15) is 0 Å². The number of ether oxygens (including phenoxy) is 1. The van der Waals surface area contributed by atoms with E-state index in [1.165, 1.54) is 16.9 Å². The van der Waals surface area contributed by atoms with Crippen molar-refractivity contribution in [2.75, 3.05) is 0 Å². The molecule has 3 aromatic rings. The number of hydrogen-bond acceptors (Lipinski definition) is 5. The highest BCUT2D eigenvalue weighted by Gasteiger charge is 2.20. The van der Waals surface area contributed by atoms with Gasteiger partial charge in [0.25, 0.3) is 5.56 Å². The fraction of sp³-hybridized carbons (Fsp3) is 0.409. The summed E-state index contributed by atoms with van der Waals surface area (Å²) in [6, 6.07) is 3.97. The molecule has 0 saturated carbocycles. The number of thiophene rings is 1. The Balaban J connectivity index is 1.53. The lowest BCUT2D eigenvalue weighted by Gasteiger charge is -2.13. The Morgan fingerprint density at radius 2 is 1.93 bits per heavy atom. The molecule has 0 radical (unpaired) electrons. The van der Waals surface area contributed by atoms with Crippen molar-refractivity contribution < 1.29 is 9.53 Å². The van der Waals surface area contributed by atoms with E-state index in [0.29, 0.717) is 5.75 Å². The Morgan fingerprint density at radius 3 is 2.75 bits per heavy atom. The fourth-order valence-electron chi connectivity index (χ4n) is 3.80. The molecule has 0 bridgehead atoms. The van der Waals surface area contributed by atoms with Crippen LogP contribution in [0, 0.1) is 20.8 Å². The smallest absolute Gasteiger partial charge is 0.313 e. The first-order valence-corrected chi connectivity index (χ1v) is 10.5. The highest BCUT2D eigenvalue weighted by molar-refractivity contribution is 7.18. The summed E-state index contributed by atoms with van der Waals surface area (Å²) in [7, 11) is 0. The highest BCUT2D eigenvalue weighted by atomic mass is 32.1. The van der Waals surface area contributed by atoms with Gasteiger partial charge in [-0.15, -0.1) is 11.3 Å². The number of aromatic nitrogens is 2. The first-order chi connectivity index (χ1) is 13.5. The third-order valence-electron chi connectivity index (χ3n) is 5.59. The van der Waals surface area contributed by atoms with Crippen LogP contribution in [0.25, 0.3) is 10.2 Å². The summed E-state index contributed by atoms with van der Waals surface area (Å²) >= 11 is 1.64. The van der Waals surface area contributed by atoms with Gasteiger partial charge in [0, 0.05) is 11.4 Å². The van der Waals surface area contributed by atoms with Crippen LogP contribution in [0.4, 0.5) is 0 Å². The molecule has 5 nitrogen and oxygen atoms in total. The minimum absolute atomic E-state index is 0.0416. The Morgan fingerprint density at radius 1 is 1.18 bits per heavy atom. The molecule has 0 amide bonds. The quantitative estimate of drug-likeness (QED) is 0.488. The Kier molecular flexibility index (Phi) is 5.06. The van der Waals surface area contributed by atoms with Gasteiger partial charge in [-0.3, -0.25) is 14.2 Å². The lowest BCUT2D eigenvalue weighted by atomic mass is 9.97. The van der Waals surface area contributed by atoms with Crippen molar-refractivity contribution in [2.24, 2.45) is 0 Å². The van der Waals surface area contributed by atoms with E-state index in [2.05, 4.69) is 4.98 Å². The lowest BCUT2D eigenvalue weighted by Crippen LogP contribution is -2.23. The summed E-state index contributed by atoms with van der Waals surface area (Å²) < 4.78 is 7.15. The maximum Gasteiger partial charge on any atom is 0.313 e. The number of rotatable bonds is 4. The molecule has 1 aromatic carbocycles. The van der Waals surface area contributed by atoms with Crippen LogP contribution in [0.2, 0.25) is 0 Å². The second-order valence-corrected chi connectivity index (χ2v) is 8.60. The van der Waals surface area contributed by atoms with E-state index in [1.807, 2.05) is 32.9 Å². The lowest BCUT2D eigenvalue weighted by molar-refractivity contribution is -0.134. The van der Waals surface area contributed by atoms with Crippen LogP contribution in [0.15, 0.2) is 23.3 Å². The van der Waals surface area contributed by atoms with Crippen LogP contribution < -0.4 is 10.3 Å². The molecule has 146 valence electrons. The molecule has 0 N–H and O–H groups in total. The van der Waals surface area contributed by atoms with Gasteiger partial charge in [-0.25, -0.2) is 4.98 Å². The Hall–Kier alpha value is -2.47. The summed E-state index contributed by atoms with van der Waals surface area (Å²) in [5.74, 6) is 0.286. The van der Waals surface area contributed by atoms with Gasteiger partial charge >= 0.3 is 5.97 Å². The van der Waals surface area contributed by atoms with Crippen molar-refractivity contribution in [1.82, 2.24) is 9.55 Å². The highest BCUT2D eigenvalue weighted by Crippen LogP contribution is 2.33. The van der Waals surface area contributed by atoms with Gasteiger partial charge < -0.3 is 4.74 Å². The SMILES string of the molecule is Cc1ccc(C)c(OC(=O)CCn2cnc3sc4c(c3c2=O)CCCC4)c1C. The maximum atomic E-state index is 13.0. The second kappa shape index (κ2) is 7.51. The van der Waals surface area contributed by atoms with E-state index in [0.717, 1.165) is 46.2 Å². The topological polar surface area (TPSA) is 61.2 Å². The van der Waals surface area contributed by atoms with E-state index in [-0.39, 0.29) is 24.5 Å². The van der Waals surface area contributed by atoms with Crippen molar-refractivity contribution in [3.05, 3.63) is 55.9 Å². The molecule has 4 rings (SSSR count). The monoisotopic (exact) mass is 396 g/mol. The standard InChI is InChI=1S/C22H24N2O3S/c1-13-8-9-14(2)20(15(13)3)27-18(25)10-11-24-12-23-21-19(22(24)26)16-6-4-5-7-17(16)28-21/h8-9,12H,4-7,10-11H2,1-3H3. The number of benzene rings is 1. The molecule has 0 saturated heterocycles. The maximum absolute atomic E-state index is 13.0. The van der Waals surface area contributed by atoms with Gasteiger partial charge in [-0.1, -0.05) is 12.1 Å². The molecule has 2 heterocycles. The van der Waals surface area contributed by atoms with E-state index in [4.69, 9.17) is 4.74 Å². The van der Waals surface area contributed by atoms with Crippen molar-refractivity contribution in [3.63, 3.8) is 0 Å². The van der Waals surface area contributed by atoms with Crippen molar-refractivity contribution >= 4 is 27.5 Å². The number of hydrogen-bond donors (Lipinski definition) is 0. The van der Waals surface area contributed by atoms with Gasteiger partial charge in [0.15, 0.2) is 0 Å². The number of carbonyl (C=O) groups is 1. The zero-order chi connectivity index (χ0) is 19.8. The van der Waals surface area contributed by atoms with Crippen LogP contribution >= 0.6 is 11.3 Å². The minimum atomic E-state index is -0.337. The molecule has 0 unspecified atom stereocenters. The van der Waals surface area contributed by atoms with Crippen molar-refractivity contribution in [1.29, 1.82) is 0 Å². The average Bonchev–Trinajstić information content (AvgIpc) is 3.07. The van der Waals surface area contributed by atoms with Crippen LogP contribution in [0.1, 0.15) is 46.4 Å². The predicted molar refractivity (Wildman–Crippen MR) is 111 cm³/mol. The largest absolute Gasteiger partial charge is 0.426 e. The summed E-state index contributed by atoms with van der Waals surface area (Å²) in [5.41, 5.74) is 4.12. The normalized spacial score (nSPS) is 13.5. The number of nitrogens with zero attached hydrogens (tertiary/aromatic N) is 2. The predicted octanol–water partition coefficient (Wildman–Crippen LogP) is 4.26. The summed E-state index contributed by atoms with van der Waals surface area (Å²) in [6.07, 6.45) is 5.98. The van der Waals surface area contributed by atoms with Gasteiger partial charge in [0.1, 0.15) is 10.6 Å². The molecular formula is C22H24N2O3S. The van der Waals surface area contributed by atoms with Gasteiger partial charge in [0.2, 0.25) is 0 Å². The van der Waals surface area contributed by atoms with E-state index in [9.17, 15) is 9.59 Å². The Bertz CT molecular complexity index is 1130. The fourth-order valence-corrected chi connectivity index (χ4v) is 5.02. The number of esters is 1. The minimum Gasteiger partial charge on any atom is -0.426 e. The second-order valence-electron chi connectivity index (χ2n) is 7.51. The molecule has 2 aromatic heterocycles. The molecular weight excluding hydrogens is 372 g/mol. The van der Waals surface area contributed by atoms with Gasteiger partial charge in [-0.05, 0) is 68.7 Å². The zero-order valence-corrected chi connectivity index (χ0v) is 17.3. The summed E-state index contributed by atoms with van der Waals surface area (Å²) in [4.78, 5) is 32.0. The zero-order valence-electron chi connectivity index (χ0n) is 16.5.